The molecule has 0 bridgehead atoms. The van der Waals surface area contributed by atoms with Gasteiger partial charge in [0.1, 0.15) is 0 Å². The van der Waals surface area contributed by atoms with Crippen LogP contribution in [0.3, 0.4) is 0 Å². The van der Waals surface area contributed by atoms with Crippen molar-refractivity contribution in [2.75, 3.05) is 72.0 Å². The number of benzene rings is 3. The molecule has 3 aromatic rings. The van der Waals surface area contributed by atoms with Gasteiger partial charge >= 0.3 is 0 Å². The lowest BCUT2D eigenvalue weighted by Gasteiger charge is -2.38. The highest BCUT2D eigenvalue weighted by molar-refractivity contribution is 6.24. The topological polar surface area (TPSA) is 87.7 Å². The second-order valence-electron chi connectivity index (χ2n) is 13.7. The molecule has 0 radical (unpaired) electrons. The Morgan fingerprint density at radius 3 is 1.19 bits per heavy atom. The Bertz CT molecular complexity index is 1630. The fraction of sp³-hybridized carbons (Fsp3) is 0.421. The van der Waals surface area contributed by atoms with Crippen LogP contribution in [0, 0.1) is 27.7 Å². The zero-order valence-electron chi connectivity index (χ0n) is 28.3. The summed E-state index contributed by atoms with van der Waals surface area (Å²) in [7, 11) is 0. The first-order chi connectivity index (χ1) is 23.1. The average molecular weight is 649 g/mol. The van der Waals surface area contributed by atoms with Crippen LogP contribution in [0.15, 0.2) is 60.7 Å². The number of hydrogen-bond acceptors (Lipinski definition) is 8. The van der Waals surface area contributed by atoms with Crippen molar-refractivity contribution in [3.05, 3.63) is 82.9 Å². The Hall–Kier alpha value is -4.54. The first-order valence-electron chi connectivity index (χ1n) is 17.0. The maximum atomic E-state index is 13.6. The third-order valence-corrected chi connectivity index (χ3v) is 10.5. The van der Waals surface area contributed by atoms with Crippen LogP contribution >= 0.6 is 0 Å². The lowest BCUT2D eigenvalue weighted by molar-refractivity contribution is -0.124. The summed E-state index contributed by atoms with van der Waals surface area (Å²) in [6.45, 7) is 14.4. The molecule has 48 heavy (non-hydrogen) atoms. The van der Waals surface area contributed by atoms with Crippen LogP contribution in [0.4, 0.5) is 22.7 Å². The Balaban J connectivity index is 0.972. The summed E-state index contributed by atoms with van der Waals surface area (Å²) >= 11 is 0. The van der Waals surface area contributed by atoms with Gasteiger partial charge in [0.05, 0.1) is 36.3 Å². The van der Waals surface area contributed by atoms with Gasteiger partial charge in [-0.25, -0.2) is 9.80 Å². The van der Waals surface area contributed by atoms with E-state index in [0.29, 0.717) is 37.6 Å². The molecule has 250 valence electrons. The smallest absolute Gasteiger partial charge is 0.251 e. The van der Waals surface area contributed by atoms with Crippen molar-refractivity contribution in [1.29, 1.82) is 0 Å². The number of amides is 4. The second-order valence-corrected chi connectivity index (χ2v) is 13.7. The molecule has 7 rings (SSSR count). The quantitative estimate of drug-likeness (QED) is 0.373. The molecule has 10 nitrogen and oxygen atoms in total. The molecule has 4 aliphatic rings. The predicted molar refractivity (Wildman–Crippen MR) is 188 cm³/mol. The SMILES string of the molecule is Cc1ccc(C)c(N2CCN([C@@H]3CC(=O)N(c4ccc(N5C(=O)C[C@@H](N6CCN(c7cc(C)ccc7C)CC6)C5=O)cc4)C3=O)CC2)c1. The van der Waals surface area contributed by atoms with Crippen molar-refractivity contribution >= 4 is 46.4 Å². The van der Waals surface area contributed by atoms with E-state index in [0.717, 1.165) is 26.2 Å². The molecular formula is C38H44N6O4. The van der Waals surface area contributed by atoms with Gasteiger partial charge in [0.15, 0.2) is 0 Å². The van der Waals surface area contributed by atoms with Gasteiger partial charge in [0.25, 0.3) is 11.8 Å². The number of piperazine rings is 2. The molecule has 0 spiro atoms. The van der Waals surface area contributed by atoms with Crippen LogP contribution in [0.2, 0.25) is 0 Å². The number of aryl methyl sites for hydroxylation is 4. The molecule has 4 amide bonds. The Morgan fingerprint density at radius 1 is 0.479 bits per heavy atom. The van der Waals surface area contributed by atoms with Gasteiger partial charge in [-0.15, -0.1) is 0 Å². The number of imide groups is 2. The maximum absolute atomic E-state index is 13.6. The summed E-state index contributed by atoms with van der Waals surface area (Å²) in [5.41, 5.74) is 8.27. The predicted octanol–water partition coefficient (Wildman–Crippen LogP) is 3.83. The van der Waals surface area contributed by atoms with E-state index >= 15 is 0 Å². The number of nitrogens with zero attached hydrogens (tertiary/aromatic N) is 6. The molecule has 2 atom stereocenters. The third kappa shape index (κ3) is 5.88. The number of carbonyl (C=O) groups is 4. The number of carbonyl (C=O) groups excluding carboxylic acids is 4. The van der Waals surface area contributed by atoms with Gasteiger partial charge in [-0.1, -0.05) is 24.3 Å². The zero-order chi connectivity index (χ0) is 33.7. The normalized spacial score (nSPS) is 22.8. The molecule has 0 aromatic heterocycles. The monoisotopic (exact) mass is 648 g/mol. The van der Waals surface area contributed by atoms with Crippen molar-refractivity contribution in [3.63, 3.8) is 0 Å². The molecule has 0 unspecified atom stereocenters. The Kier molecular flexibility index (Phi) is 8.55. The molecule has 4 aliphatic heterocycles. The molecular weight excluding hydrogens is 604 g/mol. The number of hydrogen-bond donors (Lipinski definition) is 0. The standard InChI is InChI=1S/C38H44N6O4/c1-25-5-7-27(3)31(21-25)39-13-17-41(18-14-39)33-23-35(45)43(37(33)47)29-9-11-30(12-10-29)44-36(46)24-34(38(44)48)42-19-15-40(16-20-42)32-22-26(2)6-8-28(32)4/h5-12,21-22,33-34H,13-20,23-24H2,1-4H3/t33-,34-/m1/s1. The Labute approximate surface area is 282 Å². The van der Waals surface area contributed by atoms with E-state index in [1.807, 2.05) is 0 Å². The van der Waals surface area contributed by atoms with Crippen LogP contribution < -0.4 is 19.6 Å². The molecule has 4 fully saturated rings. The lowest BCUT2D eigenvalue weighted by Crippen LogP contribution is -2.52. The van der Waals surface area contributed by atoms with Gasteiger partial charge < -0.3 is 9.80 Å². The van der Waals surface area contributed by atoms with Crippen molar-refractivity contribution in [2.24, 2.45) is 0 Å². The second kappa shape index (κ2) is 12.8. The molecule has 0 N–H and O–H groups in total. The van der Waals surface area contributed by atoms with Crippen LogP contribution in [-0.2, 0) is 19.2 Å². The van der Waals surface area contributed by atoms with Crippen molar-refractivity contribution in [2.45, 2.75) is 52.6 Å². The minimum Gasteiger partial charge on any atom is -0.369 e. The molecule has 0 saturated carbocycles. The largest absolute Gasteiger partial charge is 0.369 e. The Morgan fingerprint density at radius 2 is 0.833 bits per heavy atom. The average Bonchev–Trinajstić information content (AvgIpc) is 3.56. The highest BCUT2D eigenvalue weighted by Crippen LogP contribution is 2.32. The summed E-state index contributed by atoms with van der Waals surface area (Å²) in [4.78, 5) is 65.0. The summed E-state index contributed by atoms with van der Waals surface area (Å²) < 4.78 is 0. The van der Waals surface area contributed by atoms with E-state index in [2.05, 4.69) is 83.7 Å². The van der Waals surface area contributed by atoms with Crippen LogP contribution in [-0.4, -0.2) is 97.9 Å². The summed E-state index contributed by atoms with van der Waals surface area (Å²) in [5, 5.41) is 0. The van der Waals surface area contributed by atoms with Gasteiger partial charge in [0.2, 0.25) is 11.8 Å². The van der Waals surface area contributed by atoms with Gasteiger partial charge in [-0.3, -0.25) is 29.0 Å². The van der Waals surface area contributed by atoms with Crippen LogP contribution in [0.25, 0.3) is 0 Å². The summed E-state index contributed by atoms with van der Waals surface area (Å²) in [6, 6.07) is 18.6. The molecule has 0 aliphatic carbocycles. The first-order valence-corrected chi connectivity index (χ1v) is 17.0. The minimum atomic E-state index is -0.490. The molecule has 3 aromatic carbocycles. The van der Waals surface area contributed by atoms with Gasteiger partial charge in [-0.2, -0.15) is 0 Å². The fourth-order valence-corrected chi connectivity index (χ4v) is 7.76. The molecule has 4 saturated heterocycles. The van der Waals surface area contributed by atoms with E-state index < -0.39 is 12.1 Å². The van der Waals surface area contributed by atoms with Crippen LogP contribution in [0.1, 0.15) is 35.1 Å². The van der Waals surface area contributed by atoms with E-state index in [-0.39, 0.29) is 36.5 Å². The number of anilines is 4. The van der Waals surface area contributed by atoms with Crippen molar-refractivity contribution in [1.82, 2.24) is 9.80 Å². The van der Waals surface area contributed by atoms with Gasteiger partial charge in [0, 0.05) is 63.7 Å². The summed E-state index contributed by atoms with van der Waals surface area (Å²) in [5.74, 6) is -0.908. The van der Waals surface area contributed by atoms with E-state index in [4.69, 9.17) is 0 Å². The maximum Gasteiger partial charge on any atom is 0.251 e. The first kappa shape index (κ1) is 32.0. The van der Waals surface area contributed by atoms with E-state index in [9.17, 15) is 19.2 Å². The highest BCUT2D eigenvalue weighted by Gasteiger charge is 2.45. The van der Waals surface area contributed by atoms with E-state index in [1.165, 1.54) is 43.4 Å². The summed E-state index contributed by atoms with van der Waals surface area (Å²) in [6.07, 6.45) is 0.289. The fourth-order valence-electron chi connectivity index (χ4n) is 7.76. The van der Waals surface area contributed by atoms with E-state index in [1.54, 1.807) is 24.3 Å². The number of rotatable bonds is 6. The minimum absolute atomic E-state index is 0.144. The van der Waals surface area contributed by atoms with Crippen molar-refractivity contribution in [3.8, 4) is 0 Å². The van der Waals surface area contributed by atoms with Gasteiger partial charge in [-0.05, 0) is 86.3 Å². The zero-order valence-corrected chi connectivity index (χ0v) is 28.3. The third-order valence-electron chi connectivity index (χ3n) is 10.5. The lowest BCUT2D eigenvalue weighted by atomic mass is 10.1. The molecule has 4 heterocycles. The van der Waals surface area contributed by atoms with Crippen molar-refractivity contribution < 1.29 is 19.2 Å². The van der Waals surface area contributed by atoms with Crippen LogP contribution in [0.5, 0.6) is 0 Å². The molecule has 10 heteroatoms. The highest BCUT2D eigenvalue weighted by atomic mass is 16.2.